The van der Waals surface area contributed by atoms with Gasteiger partial charge in [-0.1, -0.05) is 6.08 Å². The molecule has 1 heterocycles. The van der Waals surface area contributed by atoms with E-state index in [0.717, 1.165) is 6.54 Å². The van der Waals surface area contributed by atoms with Crippen molar-refractivity contribution in [3.05, 3.63) is 31.4 Å². The number of imidazole rings is 1. The van der Waals surface area contributed by atoms with Crippen molar-refractivity contribution in [3.63, 3.8) is 0 Å². The average Bonchev–Trinajstić information content (AvgIpc) is 2.34. The quantitative estimate of drug-likeness (QED) is 0.597. The molecule has 0 aliphatic carbocycles. The Morgan fingerprint density at radius 2 is 2.67 bits per heavy atom. The van der Waals surface area contributed by atoms with Crippen LogP contribution in [0.5, 0.6) is 0 Å². The second-order valence-corrected chi connectivity index (χ2v) is 1.62. The Morgan fingerprint density at radius 1 is 1.78 bits per heavy atom. The lowest BCUT2D eigenvalue weighted by atomic mass is 10.7. The first-order valence-corrected chi connectivity index (χ1v) is 2.76. The zero-order valence-corrected chi connectivity index (χ0v) is 5.12. The van der Waals surface area contributed by atoms with Crippen LogP contribution >= 0.6 is 0 Å². The highest BCUT2D eigenvalue weighted by atomic mass is 15.4. The molecule has 0 atom stereocenters. The molecule has 1 N–H and O–H groups in total. The van der Waals surface area contributed by atoms with Crippen LogP contribution in [0.2, 0.25) is 0 Å². The second kappa shape index (κ2) is 2.91. The Kier molecular flexibility index (Phi) is 1.90. The first-order valence-electron chi connectivity index (χ1n) is 2.76. The molecule has 0 amide bonds. The van der Waals surface area contributed by atoms with Gasteiger partial charge in [-0.2, -0.15) is 0 Å². The molecule has 0 bridgehead atoms. The molecule has 1 aromatic heterocycles. The minimum atomic E-state index is 0.760. The van der Waals surface area contributed by atoms with Gasteiger partial charge in [0.15, 0.2) is 0 Å². The zero-order chi connectivity index (χ0) is 6.53. The molecule has 3 nitrogen and oxygen atoms in total. The van der Waals surface area contributed by atoms with Crippen molar-refractivity contribution in [3.8, 4) is 0 Å². The lowest BCUT2D eigenvalue weighted by molar-refractivity contribution is 0.888. The molecule has 1 aromatic rings. The van der Waals surface area contributed by atoms with E-state index >= 15 is 0 Å². The third-order valence-corrected chi connectivity index (χ3v) is 0.923. The van der Waals surface area contributed by atoms with Crippen molar-refractivity contribution in [2.45, 2.75) is 0 Å². The molecule has 0 saturated heterocycles. The van der Waals surface area contributed by atoms with E-state index in [4.69, 9.17) is 0 Å². The van der Waals surface area contributed by atoms with E-state index in [1.165, 1.54) is 0 Å². The van der Waals surface area contributed by atoms with E-state index in [-0.39, 0.29) is 0 Å². The van der Waals surface area contributed by atoms with Gasteiger partial charge in [-0.15, -0.1) is 6.58 Å². The van der Waals surface area contributed by atoms with E-state index in [9.17, 15) is 0 Å². The summed E-state index contributed by atoms with van der Waals surface area (Å²) in [5.74, 6) is 0. The van der Waals surface area contributed by atoms with Gasteiger partial charge in [-0.05, 0) is 0 Å². The first kappa shape index (κ1) is 5.88. The molecule has 0 aliphatic heterocycles. The molecule has 3 heteroatoms. The predicted octanol–water partition coefficient (Wildman–Crippen LogP) is 0.613. The summed E-state index contributed by atoms with van der Waals surface area (Å²) in [4.78, 5) is 3.84. The summed E-state index contributed by atoms with van der Waals surface area (Å²) in [5, 5.41) is 0. The molecule has 9 heavy (non-hydrogen) atoms. The lowest BCUT2D eigenvalue weighted by Crippen LogP contribution is -2.11. The maximum Gasteiger partial charge on any atom is 0.114 e. The largest absolute Gasteiger partial charge is 0.321 e. The highest BCUT2D eigenvalue weighted by Gasteiger charge is 1.80. The van der Waals surface area contributed by atoms with Crippen LogP contribution < -0.4 is 5.43 Å². The van der Waals surface area contributed by atoms with Crippen molar-refractivity contribution in [2.24, 2.45) is 0 Å². The van der Waals surface area contributed by atoms with E-state index < -0.39 is 0 Å². The van der Waals surface area contributed by atoms with Gasteiger partial charge >= 0.3 is 0 Å². The lowest BCUT2D eigenvalue weighted by Gasteiger charge is -2.00. The number of rotatable bonds is 3. The highest BCUT2D eigenvalue weighted by Crippen LogP contribution is 1.77. The first-order chi connectivity index (χ1) is 4.43. The van der Waals surface area contributed by atoms with E-state index in [1.54, 1.807) is 23.3 Å². The summed E-state index contributed by atoms with van der Waals surface area (Å²) in [6, 6.07) is 0. The summed E-state index contributed by atoms with van der Waals surface area (Å²) < 4.78 is 1.78. The van der Waals surface area contributed by atoms with Crippen molar-refractivity contribution in [2.75, 3.05) is 12.0 Å². The molecule has 0 saturated carbocycles. The predicted molar refractivity (Wildman–Crippen MR) is 36.7 cm³/mol. The van der Waals surface area contributed by atoms with Crippen LogP contribution in [0.3, 0.4) is 0 Å². The van der Waals surface area contributed by atoms with E-state index in [2.05, 4.69) is 17.0 Å². The fraction of sp³-hybridized carbons (Fsp3) is 0.167. The van der Waals surface area contributed by atoms with E-state index in [1.807, 2.05) is 6.20 Å². The third kappa shape index (κ3) is 1.60. The molecule has 0 aromatic carbocycles. The number of nitrogens with zero attached hydrogens (tertiary/aromatic N) is 2. The van der Waals surface area contributed by atoms with Gasteiger partial charge in [-0.25, -0.2) is 4.98 Å². The summed E-state index contributed by atoms with van der Waals surface area (Å²) >= 11 is 0. The smallest absolute Gasteiger partial charge is 0.114 e. The van der Waals surface area contributed by atoms with Gasteiger partial charge in [-0.3, -0.25) is 4.68 Å². The number of hydrogen-bond acceptors (Lipinski definition) is 2. The van der Waals surface area contributed by atoms with Gasteiger partial charge in [0.05, 0.1) is 0 Å². The Morgan fingerprint density at radius 3 is 3.22 bits per heavy atom. The van der Waals surface area contributed by atoms with Crippen LogP contribution in [-0.2, 0) is 0 Å². The summed E-state index contributed by atoms with van der Waals surface area (Å²) in [6.07, 6.45) is 7.04. The third-order valence-electron chi connectivity index (χ3n) is 0.923. The zero-order valence-electron chi connectivity index (χ0n) is 5.12. The number of nitrogens with one attached hydrogen (secondary N) is 1. The van der Waals surface area contributed by atoms with Gasteiger partial charge in [0.2, 0.25) is 0 Å². The van der Waals surface area contributed by atoms with Gasteiger partial charge < -0.3 is 5.43 Å². The Balaban J connectivity index is 2.38. The molecule has 0 radical (unpaired) electrons. The fourth-order valence-corrected chi connectivity index (χ4v) is 0.523. The monoisotopic (exact) mass is 123 g/mol. The highest BCUT2D eigenvalue weighted by molar-refractivity contribution is 4.85. The van der Waals surface area contributed by atoms with Crippen LogP contribution in [0.15, 0.2) is 31.4 Å². The van der Waals surface area contributed by atoms with Gasteiger partial charge in [0, 0.05) is 18.9 Å². The van der Waals surface area contributed by atoms with Crippen LogP contribution in [-0.4, -0.2) is 16.2 Å². The Bertz CT molecular complexity index is 166. The summed E-state index contributed by atoms with van der Waals surface area (Å²) in [7, 11) is 0. The van der Waals surface area contributed by atoms with Crippen molar-refractivity contribution < 1.29 is 0 Å². The van der Waals surface area contributed by atoms with Crippen molar-refractivity contribution in [1.82, 2.24) is 9.66 Å². The van der Waals surface area contributed by atoms with Crippen LogP contribution in [0.25, 0.3) is 0 Å². The minimum Gasteiger partial charge on any atom is -0.321 e. The summed E-state index contributed by atoms with van der Waals surface area (Å²) in [5.41, 5.74) is 3.01. The van der Waals surface area contributed by atoms with Crippen LogP contribution in [0.1, 0.15) is 0 Å². The minimum absolute atomic E-state index is 0.760. The maximum atomic E-state index is 3.84. The fourth-order valence-electron chi connectivity index (χ4n) is 0.523. The number of hydrogen-bond donors (Lipinski definition) is 1. The van der Waals surface area contributed by atoms with Crippen molar-refractivity contribution >= 4 is 0 Å². The van der Waals surface area contributed by atoms with Crippen LogP contribution in [0, 0.1) is 0 Å². The van der Waals surface area contributed by atoms with Crippen LogP contribution in [0.4, 0.5) is 0 Å². The topological polar surface area (TPSA) is 29.9 Å². The second-order valence-electron chi connectivity index (χ2n) is 1.62. The van der Waals surface area contributed by atoms with Gasteiger partial charge in [0.1, 0.15) is 6.33 Å². The maximum absolute atomic E-state index is 3.84. The van der Waals surface area contributed by atoms with Gasteiger partial charge in [0.25, 0.3) is 0 Å². The molecular formula is C6H9N3. The Hall–Kier alpha value is -1.25. The van der Waals surface area contributed by atoms with Crippen molar-refractivity contribution in [1.29, 1.82) is 0 Å². The standard InChI is InChI=1S/C6H9N3/c1-2-3-8-9-5-4-7-6-9/h2,4-6,8H,1,3H2. The molecule has 0 spiro atoms. The molecule has 0 fully saturated rings. The number of aromatic nitrogens is 2. The molecule has 48 valence electrons. The van der Waals surface area contributed by atoms with E-state index in [0.29, 0.717) is 0 Å². The molecular weight excluding hydrogens is 114 g/mol. The molecule has 0 aliphatic rings. The Labute approximate surface area is 54.0 Å². The molecule has 1 rings (SSSR count). The summed E-state index contributed by atoms with van der Waals surface area (Å²) in [6.45, 7) is 4.32. The normalized spacial score (nSPS) is 8.89. The molecule has 0 unspecified atom stereocenters. The average molecular weight is 123 g/mol. The SMILES string of the molecule is C=CCNn1ccnc1.